The first-order valence-corrected chi connectivity index (χ1v) is 10.1. The molecule has 0 unspecified atom stereocenters. The number of nitriles is 1. The van der Waals surface area contributed by atoms with E-state index in [2.05, 4.69) is 15.5 Å². The fraction of sp³-hybridized carbons (Fsp3) is 0.200. The largest absolute Gasteiger partial charge is 0.479 e. The monoisotopic (exact) mass is 427 g/mol. The van der Waals surface area contributed by atoms with Gasteiger partial charge >= 0.3 is 0 Å². The summed E-state index contributed by atoms with van der Waals surface area (Å²) < 4.78 is 7.06. The molecular weight excluding hydrogens is 410 g/mol. The zero-order valence-electron chi connectivity index (χ0n) is 15.6. The van der Waals surface area contributed by atoms with Gasteiger partial charge in [0.2, 0.25) is 5.91 Å². The number of halogens is 1. The Balaban J connectivity index is 1.55. The molecule has 1 heterocycles. The van der Waals surface area contributed by atoms with Gasteiger partial charge in [0.1, 0.15) is 18.1 Å². The SMILES string of the molecule is Cc1ccc(-n2cnnc2SCC(=O)NCc2cccc(OCC#N)c2)cc1Cl. The molecule has 0 aliphatic rings. The summed E-state index contributed by atoms with van der Waals surface area (Å²) in [4.78, 5) is 12.2. The van der Waals surface area contributed by atoms with E-state index < -0.39 is 0 Å². The second-order valence-electron chi connectivity index (χ2n) is 6.08. The molecule has 3 rings (SSSR count). The summed E-state index contributed by atoms with van der Waals surface area (Å²) in [7, 11) is 0. The van der Waals surface area contributed by atoms with Gasteiger partial charge in [-0.3, -0.25) is 9.36 Å². The molecule has 1 N–H and O–H groups in total. The lowest BCUT2D eigenvalue weighted by Gasteiger charge is -2.09. The third kappa shape index (κ3) is 5.73. The molecule has 0 saturated carbocycles. The normalized spacial score (nSPS) is 10.4. The molecule has 0 atom stereocenters. The minimum absolute atomic E-state index is 0.0146. The molecule has 9 heteroatoms. The van der Waals surface area contributed by atoms with Crippen LogP contribution in [0.25, 0.3) is 5.69 Å². The van der Waals surface area contributed by atoms with Crippen molar-refractivity contribution >= 4 is 29.3 Å². The molecule has 0 aliphatic carbocycles. The van der Waals surface area contributed by atoms with Crippen molar-refractivity contribution in [2.45, 2.75) is 18.6 Å². The number of thioether (sulfide) groups is 1. The van der Waals surface area contributed by atoms with Crippen LogP contribution in [-0.4, -0.2) is 33.0 Å². The van der Waals surface area contributed by atoms with Gasteiger partial charge in [-0.25, -0.2) is 0 Å². The zero-order valence-corrected chi connectivity index (χ0v) is 17.2. The molecule has 0 bridgehead atoms. The highest BCUT2D eigenvalue weighted by Gasteiger charge is 2.11. The predicted molar refractivity (Wildman–Crippen MR) is 111 cm³/mol. The summed E-state index contributed by atoms with van der Waals surface area (Å²) in [5.41, 5.74) is 2.71. The fourth-order valence-corrected chi connectivity index (χ4v) is 3.41. The Bertz CT molecular complexity index is 1050. The quantitative estimate of drug-likeness (QED) is 0.553. The van der Waals surface area contributed by atoms with Crippen molar-refractivity contribution in [1.82, 2.24) is 20.1 Å². The Morgan fingerprint density at radius 1 is 1.34 bits per heavy atom. The molecule has 29 heavy (non-hydrogen) atoms. The Morgan fingerprint density at radius 2 is 2.21 bits per heavy atom. The van der Waals surface area contributed by atoms with E-state index in [0.717, 1.165) is 16.8 Å². The molecule has 148 valence electrons. The average molecular weight is 428 g/mol. The fourth-order valence-electron chi connectivity index (χ4n) is 2.47. The lowest BCUT2D eigenvalue weighted by Crippen LogP contribution is -2.24. The number of rotatable bonds is 8. The van der Waals surface area contributed by atoms with Crippen LogP contribution in [0.1, 0.15) is 11.1 Å². The lowest BCUT2D eigenvalue weighted by atomic mass is 10.2. The molecule has 2 aromatic carbocycles. The average Bonchev–Trinajstić information content (AvgIpc) is 3.20. The summed E-state index contributed by atoms with van der Waals surface area (Å²) in [5.74, 6) is 0.662. The van der Waals surface area contributed by atoms with Crippen LogP contribution in [-0.2, 0) is 11.3 Å². The van der Waals surface area contributed by atoms with Crippen molar-refractivity contribution < 1.29 is 9.53 Å². The Labute approximate surface area is 177 Å². The predicted octanol–water partition coefficient (Wildman–Crippen LogP) is 3.54. The van der Waals surface area contributed by atoms with Gasteiger partial charge in [-0.1, -0.05) is 41.6 Å². The highest BCUT2D eigenvalue weighted by Crippen LogP contribution is 2.23. The maximum absolute atomic E-state index is 12.2. The third-order valence-electron chi connectivity index (χ3n) is 3.97. The van der Waals surface area contributed by atoms with Gasteiger partial charge in [-0.15, -0.1) is 10.2 Å². The molecule has 7 nitrogen and oxygen atoms in total. The van der Waals surface area contributed by atoms with E-state index in [1.165, 1.54) is 11.8 Å². The van der Waals surface area contributed by atoms with Crippen LogP contribution in [0.4, 0.5) is 0 Å². The maximum atomic E-state index is 12.2. The van der Waals surface area contributed by atoms with Gasteiger partial charge in [0.05, 0.1) is 11.4 Å². The number of amides is 1. The number of carbonyl (C=O) groups is 1. The van der Waals surface area contributed by atoms with Crippen molar-refractivity contribution in [1.29, 1.82) is 5.26 Å². The maximum Gasteiger partial charge on any atom is 0.230 e. The number of nitrogens with zero attached hydrogens (tertiary/aromatic N) is 4. The summed E-state index contributed by atoms with van der Waals surface area (Å²) in [5, 5.41) is 20.7. The number of hydrogen-bond acceptors (Lipinski definition) is 6. The smallest absolute Gasteiger partial charge is 0.230 e. The molecule has 0 fully saturated rings. The summed E-state index contributed by atoms with van der Waals surface area (Å²) in [6.45, 7) is 2.28. The van der Waals surface area contributed by atoms with Crippen LogP contribution >= 0.6 is 23.4 Å². The highest BCUT2D eigenvalue weighted by atomic mass is 35.5. The Hall–Kier alpha value is -3.02. The van der Waals surface area contributed by atoms with Gasteiger partial charge in [-0.2, -0.15) is 5.26 Å². The van der Waals surface area contributed by atoms with Crippen molar-refractivity contribution in [2.75, 3.05) is 12.4 Å². The molecule has 0 saturated heterocycles. The van der Waals surface area contributed by atoms with Gasteiger partial charge in [-0.05, 0) is 42.3 Å². The minimum Gasteiger partial charge on any atom is -0.479 e. The summed E-state index contributed by atoms with van der Waals surface area (Å²) in [6, 6.07) is 14.9. The van der Waals surface area contributed by atoms with E-state index in [1.54, 1.807) is 23.0 Å². The molecule has 1 aromatic heterocycles. The Kier molecular flexibility index (Phi) is 7.11. The van der Waals surface area contributed by atoms with E-state index >= 15 is 0 Å². The number of benzene rings is 2. The van der Waals surface area contributed by atoms with Crippen molar-refractivity contribution in [3.05, 3.63) is 64.9 Å². The first-order valence-electron chi connectivity index (χ1n) is 8.71. The van der Waals surface area contributed by atoms with Crippen LogP contribution in [0.5, 0.6) is 5.75 Å². The molecule has 0 aliphatic heterocycles. The summed E-state index contributed by atoms with van der Waals surface area (Å²) in [6.07, 6.45) is 1.59. The first kappa shape index (κ1) is 20.7. The number of hydrogen-bond donors (Lipinski definition) is 1. The molecule has 3 aromatic rings. The molecule has 1 amide bonds. The number of aryl methyl sites for hydroxylation is 1. The molecule has 0 spiro atoms. The number of nitrogens with one attached hydrogen (secondary N) is 1. The highest BCUT2D eigenvalue weighted by molar-refractivity contribution is 7.99. The van der Waals surface area contributed by atoms with E-state index in [0.29, 0.717) is 22.5 Å². The standard InChI is InChI=1S/C20H18ClN5O2S/c1-14-5-6-16(10-18(14)21)26-13-24-25-20(26)29-12-19(27)23-11-15-3-2-4-17(9-15)28-8-7-22/h2-6,9-10,13H,8,11-12H2,1H3,(H,23,27). The number of ether oxygens (including phenoxy) is 1. The van der Waals surface area contributed by atoms with Crippen molar-refractivity contribution in [3.8, 4) is 17.5 Å². The number of carbonyl (C=O) groups excluding carboxylic acids is 1. The zero-order chi connectivity index (χ0) is 20.6. The van der Waals surface area contributed by atoms with Crippen LogP contribution in [0, 0.1) is 18.3 Å². The van der Waals surface area contributed by atoms with Crippen LogP contribution < -0.4 is 10.1 Å². The van der Waals surface area contributed by atoms with Gasteiger partial charge in [0.15, 0.2) is 11.8 Å². The third-order valence-corrected chi connectivity index (χ3v) is 5.32. The minimum atomic E-state index is -0.130. The second kappa shape index (κ2) is 9.96. The van der Waals surface area contributed by atoms with Gasteiger partial charge < -0.3 is 10.1 Å². The molecular formula is C20H18ClN5O2S. The van der Waals surface area contributed by atoms with Crippen LogP contribution in [0.3, 0.4) is 0 Å². The van der Waals surface area contributed by atoms with Crippen LogP contribution in [0.2, 0.25) is 5.02 Å². The van der Waals surface area contributed by atoms with Gasteiger partial charge in [0, 0.05) is 11.6 Å². The lowest BCUT2D eigenvalue weighted by molar-refractivity contribution is -0.118. The first-order chi connectivity index (χ1) is 14.1. The van der Waals surface area contributed by atoms with Crippen LogP contribution in [0.15, 0.2) is 53.9 Å². The van der Waals surface area contributed by atoms with Crippen molar-refractivity contribution in [3.63, 3.8) is 0 Å². The van der Waals surface area contributed by atoms with E-state index in [9.17, 15) is 4.79 Å². The second-order valence-corrected chi connectivity index (χ2v) is 7.43. The van der Waals surface area contributed by atoms with Crippen molar-refractivity contribution in [2.24, 2.45) is 0 Å². The molecule has 0 radical (unpaired) electrons. The van der Waals surface area contributed by atoms with E-state index in [4.69, 9.17) is 21.6 Å². The summed E-state index contributed by atoms with van der Waals surface area (Å²) >= 11 is 7.49. The van der Waals surface area contributed by atoms with E-state index in [-0.39, 0.29) is 18.3 Å². The van der Waals surface area contributed by atoms with E-state index in [1.807, 2.05) is 43.3 Å². The van der Waals surface area contributed by atoms with Gasteiger partial charge in [0.25, 0.3) is 0 Å². The Morgan fingerprint density at radius 3 is 3.00 bits per heavy atom. The topological polar surface area (TPSA) is 92.8 Å². The number of aromatic nitrogens is 3.